The molecule has 2 fully saturated rings. The van der Waals surface area contributed by atoms with Crippen molar-refractivity contribution in [3.63, 3.8) is 0 Å². The molecule has 2 unspecified atom stereocenters. The van der Waals surface area contributed by atoms with E-state index < -0.39 is 0 Å². The van der Waals surface area contributed by atoms with Crippen LogP contribution in [0, 0.1) is 23.2 Å². The fourth-order valence-corrected chi connectivity index (χ4v) is 3.53. The van der Waals surface area contributed by atoms with Crippen molar-refractivity contribution >= 4 is 0 Å². The van der Waals surface area contributed by atoms with Gasteiger partial charge >= 0.3 is 0 Å². The van der Waals surface area contributed by atoms with Crippen LogP contribution in [0.2, 0.25) is 0 Å². The van der Waals surface area contributed by atoms with E-state index in [1.54, 1.807) is 0 Å². The van der Waals surface area contributed by atoms with Crippen molar-refractivity contribution in [3.8, 4) is 0 Å². The normalized spacial score (nSPS) is 37.1. The quantitative estimate of drug-likeness (QED) is 0.803. The van der Waals surface area contributed by atoms with Crippen LogP contribution in [0.1, 0.15) is 52.9 Å². The molecule has 0 radical (unpaired) electrons. The zero-order valence-electron chi connectivity index (χ0n) is 11.6. The van der Waals surface area contributed by atoms with Gasteiger partial charge in [0.1, 0.15) is 0 Å². The highest BCUT2D eigenvalue weighted by molar-refractivity contribution is 4.86. The molecule has 2 aliphatic rings. The lowest BCUT2D eigenvalue weighted by Crippen LogP contribution is -2.34. The SMILES string of the molecule is CC(C)(C)C1CCC(C(O)C2CCOC2)CC1. The molecule has 1 N–H and O–H groups in total. The molecule has 1 heterocycles. The third-order valence-electron chi connectivity index (χ3n) is 4.93. The van der Waals surface area contributed by atoms with E-state index in [0.717, 1.165) is 25.6 Å². The maximum atomic E-state index is 10.4. The van der Waals surface area contributed by atoms with Crippen molar-refractivity contribution < 1.29 is 9.84 Å². The first-order chi connectivity index (χ1) is 7.98. The molecule has 2 nitrogen and oxygen atoms in total. The van der Waals surface area contributed by atoms with E-state index in [-0.39, 0.29) is 6.10 Å². The van der Waals surface area contributed by atoms with E-state index in [2.05, 4.69) is 20.8 Å². The fraction of sp³-hybridized carbons (Fsp3) is 1.00. The Bertz CT molecular complexity index is 230. The molecule has 2 heteroatoms. The molecule has 1 aliphatic heterocycles. The molecule has 0 spiro atoms. The maximum absolute atomic E-state index is 10.4. The van der Waals surface area contributed by atoms with Gasteiger partial charge in [0, 0.05) is 12.5 Å². The Hall–Kier alpha value is -0.0800. The summed E-state index contributed by atoms with van der Waals surface area (Å²) < 4.78 is 5.38. The van der Waals surface area contributed by atoms with Gasteiger partial charge in [-0.05, 0) is 49.4 Å². The molecule has 0 aromatic carbocycles. The van der Waals surface area contributed by atoms with Crippen LogP contribution >= 0.6 is 0 Å². The first kappa shape index (κ1) is 13.4. The summed E-state index contributed by atoms with van der Waals surface area (Å²) in [4.78, 5) is 0. The number of hydrogen-bond donors (Lipinski definition) is 1. The molecule has 2 atom stereocenters. The first-order valence-corrected chi connectivity index (χ1v) is 7.24. The number of hydrogen-bond acceptors (Lipinski definition) is 2. The first-order valence-electron chi connectivity index (χ1n) is 7.24. The van der Waals surface area contributed by atoms with Gasteiger partial charge < -0.3 is 9.84 Å². The number of ether oxygens (including phenoxy) is 1. The largest absolute Gasteiger partial charge is 0.392 e. The van der Waals surface area contributed by atoms with Gasteiger partial charge in [0.15, 0.2) is 0 Å². The monoisotopic (exact) mass is 240 g/mol. The van der Waals surface area contributed by atoms with E-state index >= 15 is 0 Å². The van der Waals surface area contributed by atoms with Crippen LogP contribution in [0.4, 0.5) is 0 Å². The summed E-state index contributed by atoms with van der Waals surface area (Å²) in [5, 5.41) is 10.4. The Labute approximate surface area is 106 Å². The van der Waals surface area contributed by atoms with Crippen LogP contribution < -0.4 is 0 Å². The summed E-state index contributed by atoms with van der Waals surface area (Å²) in [5.41, 5.74) is 0.437. The topological polar surface area (TPSA) is 29.5 Å². The molecule has 0 bridgehead atoms. The second-order valence-corrected chi connectivity index (χ2v) is 7.09. The van der Waals surface area contributed by atoms with E-state index in [1.807, 2.05) is 0 Å². The van der Waals surface area contributed by atoms with Gasteiger partial charge in [-0.2, -0.15) is 0 Å². The zero-order valence-corrected chi connectivity index (χ0v) is 11.6. The Morgan fingerprint density at radius 3 is 2.12 bits per heavy atom. The molecular formula is C15H28O2. The van der Waals surface area contributed by atoms with Crippen LogP contribution in [-0.4, -0.2) is 24.4 Å². The van der Waals surface area contributed by atoms with Gasteiger partial charge in [0.2, 0.25) is 0 Å². The third kappa shape index (κ3) is 3.23. The summed E-state index contributed by atoms with van der Waals surface area (Å²) in [5.74, 6) is 1.78. The second-order valence-electron chi connectivity index (χ2n) is 7.09. The third-order valence-corrected chi connectivity index (χ3v) is 4.93. The smallest absolute Gasteiger partial charge is 0.0619 e. The van der Waals surface area contributed by atoms with E-state index in [9.17, 15) is 5.11 Å². The molecule has 100 valence electrons. The van der Waals surface area contributed by atoms with Gasteiger partial charge in [-0.1, -0.05) is 20.8 Å². The predicted molar refractivity (Wildman–Crippen MR) is 69.8 cm³/mol. The minimum Gasteiger partial charge on any atom is -0.392 e. The van der Waals surface area contributed by atoms with Gasteiger partial charge in [-0.25, -0.2) is 0 Å². The standard InChI is InChI=1S/C15H28O2/c1-15(2,3)13-6-4-11(5-7-13)14(16)12-8-9-17-10-12/h11-14,16H,4-10H2,1-3H3. The van der Waals surface area contributed by atoms with Gasteiger partial charge in [0.05, 0.1) is 12.7 Å². The van der Waals surface area contributed by atoms with Crippen molar-refractivity contribution in [1.29, 1.82) is 0 Å². The Kier molecular flexibility index (Phi) is 4.14. The van der Waals surface area contributed by atoms with E-state index in [4.69, 9.17) is 4.74 Å². The minimum absolute atomic E-state index is 0.113. The molecule has 0 aromatic heterocycles. The Morgan fingerprint density at radius 2 is 1.65 bits per heavy atom. The Balaban J connectivity index is 1.82. The maximum Gasteiger partial charge on any atom is 0.0619 e. The summed E-state index contributed by atoms with van der Waals surface area (Å²) in [6.45, 7) is 8.66. The zero-order chi connectivity index (χ0) is 12.5. The predicted octanol–water partition coefficient (Wildman–Crippen LogP) is 3.24. The van der Waals surface area contributed by atoms with Crippen LogP contribution in [-0.2, 0) is 4.74 Å². The van der Waals surface area contributed by atoms with Crippen LogP contribution in [0.3, 0.4) is 0 Å². The van der Waals surface area contributed by atoms with Crippen molar-refractivity contribution in [3.05, 3.63) is 0 Å². The summed E-state index contributed by atoms with van der Waals surface area (Å²) in [7, 11) is 0. The minimum atomic E-state index is -0.113. The number of aliphatic hydroxyl groups is 1. The lowest BCUT2D eigenvalue weighted by Gasteiger charge is -2.39. The summed E-state index contributed by atoms with van der Waals surface area (Å²) >= 11 is 0. The molecule has 2 rings (SSSR count). The second kappa shape index (κ2) is 5.27. The fourth-order valence-electron chi connectivity index (χ4n) is 3.53. The van der Waals surface area contributed by atoms with Crippen molar-refractivity contribution in [2.24, 2.45) is 23.2 Å². The van der Waals surface area contributed by atoms with E-state index in [1.165, 1.54) is 25.7 Å². The number of aliphatic hydroxyl groups excluding tert-OH is 1. The average molecular weight is 240 g/mol. The lowest BCUT2D eigenvalue weighted by molar-refractivity contribution is 0.0109. The van der Waals surface area contributed by atoms with Gasteiger partial charge in [0.25, 0.3) is 0 Å². The van der Waals surface area contributed by atoms with Crippen molar-refractivity contribution in [2.45, 2.75) is 59.0 Å². The molecule has 17 heavy (non-hydrogen) atoms. The molecule has 1 aliphatic carbocycles. The summed E-state index contributed by atoms with van der Waals surface area (Å²) in [6.07, 6.45) is 5.94. The van der Waals surface area contributed by atoms with E-state index in [0.29, 0.717) is 17.3 Å². The van der Waals surface area contributed by atoms with Crippen LogP contribution in [0.15, 0.2) is 0 Å². The number of rotatable bonds is 2. The lowest BCUT2D eigenvalue weighted by atomic mass is 9.68. The van der Waals surface area contributed by atoms with Crippen LogP contribution in [0.5, 0.6) is 0 Å². The van der Waals surface area contributed by atoms with Gasteiger partial charge in [-0.15, -0.1) is 0 Å². The Morgan fingerprint density at radius 1 is 1.00 bits per heavy atom. The highest BCUT2D eigenvalue weighted by Gasteiger charge is 2.35. The average Bonchev–Trinajstić information content (AvgIpc) is 2.80. The summed E-state index contributed by atoms with van der Waals surface area (Å²) in [6, 6.07) is 0. The molecule has 0 aromatic rings. The van der Waals surface area contributed by atoms with Gasteiger partial charge in [-0.3, -0.25) is 0 Å². The highest BCUT2D eigenvalue weighted by atomic mass is 16.5. The van der Waals surface area contributed by atoms with Crippen molar-refractivity contribution in [1.82, 2.24) is 0 Å². The van der Waals surface area contributed by atoms with Crippen LogP contribution in [0.25, 0.3) is 0 Å². The van der Waals surface area contributed by atoms with Crippen molar-refractivity contribution in [2.75, 3.05) is 13.2 Å². The molecule has 1 saturated heterocycles. The molecule has 0 amide bonds. The molecular weight excluding hydrogens is 212 g/mol. The highest BCUT2D eigenvalue weighted by Crippen LogP contribution is 2.42. The molecule has 1 saturated carbocycles.